The van der Waals surface area contributed by atoms with Gasteiger partial charge in [-0.2, -0.15) is 0 Å². The minimum absolute atomic E-state index is 0.105. The Morgan fingerprint density at radius 2 is 1.96 bits per heavy atom. The van der Waals surface area contributed by atoms with Gasteiger partial charge in [-0.15, -0.1) is 0 Å². The van der Waals surface area contributed by atoms with Gasteiger partial charge in [0.05, 0.1) is 17.6 Å². The average molecular weight is 322 g/mol. The number of pyridine rings is 1. The van der Waals surface area contributed by atoms with E-state index in [-0.39, 0.29) is 6.42 Å². The molecular formula is C19H18N2O3. The Kier molecular flexibility index (Phi) is 4.72. The van der Waals surface area contributed by atoms with Crippen LogP contribution in [0.4, 0.5) is 0 Å². The molecule has 0 atom stereocenters. The van der Waals surface area contributed by atoms with Crippen LogP contribution < -0.4 is 10.2 Å². The Balaban J connectivity index is 1.75. The van der Waals surface area contributed by atoms with Crippen molar-refractivity contribution < 1.29 is 14.7 Å². The molecule has 2 aromatic carbocycles. The highest BCUT2D eigenvalue weighted by atomic mass is 16.5. The van der Waals surface area contributed by atoms with E-state index in [1.165, 1.54) is 0 Å². The molecule has 0 saturated carbocycles. The molecule has 1 aromatic heterocycles. The number of ether oxygens (including phenoxy) is 1. The zero-order chi connectivity index (χ0) is 16.9. The van der Waals surface area contributed by atoms with E-state index in [0.29, 0.717) is 12.4 Å². The molecule has 24 heavy (non-hydrogen) atoms. The highest BCUT2D eigenvalue weighted by molar-refractivity contribution is 5.78. The van der Waals surface area contributed by atoms with Crippen LogP contribution in [0.1, 0.15) is 16.8 Å². The molecule has 3 aromatic rings. The van der Waals surface area contributed by atoms with Crippen molar-refractivity contribution in [3.63, 3.8) is 0 Å². The van der Waals surface area contributed by atoms with Gasteiger partial charge in [-0.1, -0.05) is 36.4 Å². The summed E-state index contributed by atoms with van der Waals surface area (Å²) in [5, 5.41) is 9.75. The Hall–Kier alpha value is -2.92. The van der Waals surface area contributed by atoms with E-state index in [1.807, 2.05) is 61.5 Å². The molecule has 1 heterocycles. The number of nitrogens with zero attached hydrogens (tertiary/aromatic N) is 1. The minimum Gasteiger partial charge on any atom is -0.487 e. The van der Waals surface area contributed by atoms with Gasteiger partial charge < -0.3 is 4.74 Å². The summed E-state index contributed by atoms with van der Waals surface area (Å²) in [5.74, 6) is 0.250. The number of benzene rings is 2. The van der Waals surface area contributed by atoms with E-state index in [0.717, 1.165) is 27.7 Å². The fourth-order valence-corrected chi connectivity index (χ4v) is 2.56. The van der Waals surface area contributed by atoms with Crippen molar-refractivity contribution in [1.82, 2.24) is 10.5 Å². The first-order valence-corrected chi connectivity index (χ1v) is 7.66. The zero-order valence-corrected chi connectivity index (χ0v) is 13.3. The summed E-state index contributed by atoms with van der Waals surface area (Å²) in [5.41, 5.74) is 5.11. The lowest BCUT2D eigenvalue weighted by Gasteiger charge is -2.12. The predicted octanol–water partition coefficient (Wildman–Crippen LogP) is 3.17. The Morgan fingerprint density at radius 3 is 2.79 bits per heavy atom. The normalized spacial score (nSPS) is 10.6. The lowest BCUT2D eigenvalue weighted by atomic mass is 10.0. The van der Waals surface area contributed by atoms with Gasteiger partial charge in [0.25, 0.3) is 0 Å². The van der Waals surface area contributed by atoms with Crippen molar-refractivity contribution in [3.8, 4) is 5.75 Å². The number of hydrogen-bond acceptors (Lipinski definition) is 4. The number of hydrogen-bond donors (Lipinski definition) is 2. The van der Waals surface area contributed by atoms with Gasteiger partial charge in [-0.25, -0.2) is 10.5 Å². The summed E-state index contributed by atoms with van der Waals surface area (Å²) < 4.78 is 5.87. The number of nitrogens with one attached hydrogen (secondary N) is 1. The van der Waals surface area contributed by atoms with Crippen LogP contribution in [0.2, 0.25) is 0 Å². The van der Waals surface area contributed by atoms with Crippen molar-refractivity contribution >= 4 is 16.8 Å². The Morgan fingerprint density at radius 1 is 1.12 bits per heavy atom. The highest BCUT2D eigenvalue weighted by Gasteiger charge is 2.09. The lowest BCUT2D eigenvalue weighted by Crippen LogP contribution is -2.21. The quantitative estimate of drug-likeness (QED) is 0.559. The number of carbonyl (C=O) groups is 1. The van der Waals surface area contributed by atoms with E-state index >= 15 is 0 Å². The Labute approximate surface area is 139 Å². The van der Waals surface area contributed by atoms with Gasteiger partial charge in [0.15, 0.2) is 0 Å². The summed E-state index contributed by atoms with van der Waals surface area (Å²) in [4.78, 5) is 15.9. The van der Waals surface area contributed by atoms with Gasteiger partial charge in [0, 0.05) is 5.39 Å². The molecule has 0 aliphatic carbocycles. The fraction of sp³-hybridized carbons (Fsp3) is 0.158. The van der Waals surface area contributed by atoms with E-state index in [2.05, 4.69) is 4.98 Å². The van der Waals surface area contributed by atoms with Crippen LogP contribution in [0.15, 0.2) is 54.6 Å². The van der Waals surface area contributed by atoms with Gasteiger partial charge in [0.2, 0.25) is 5.91 Å². The summed E-state index contributed by atoms with van der Waals surface area (Å²) in [7, 11) is 0. The first-order valence-electron chi connectivity index (χ1n) is 7.66. The van der Waals surface area contributed by atoms with E-state index in [4.69, 9.17) is 9.94 Å². The summed E-state index contributed by atoms with van der Waals surface area (Å²) in [6.45, 7) is 2.24. The van der Waals surface area contributed by atoms with Crippen molar-refractivity contribution in [2.75, 3.05) is 0 Å². The molecular weight excluding hydrogens is 304 g/mol. The first-order chi connectivity index (χ1) is 11.7. The SMILES string of the molecule is Cc1c(CC(=O)NO)cccc1OCc1ccc2ccccc2n1. The van der Waals surface area contributed by atoms with Crippen molar-refractivity contribution in [2.24, 2.45) is 0 Å². The number of carbonyl (C=O) groups excluding carboxylic acids is 1. The topological polar surface area (TPSA) is 71.5 Å². The molecule has 0 bridgehead atoms. The number of aromatic nitrogens is 1. The molecule has 0 spiro atoms. The number of para-hydroxylation sites is 1. The standard InChI is InChI=1S/C19H18N2O3/c1-13-15(11-19(22)21-23)6-4-8-18(13)24-12-16-10-9-14-5-2-3-7-17(14)20-16/h2-10,23H,11-12H2,1H3,(H,21,22). The summed E-state index contributed by atoms with van der Waals surface area (Å²) in [6, 6.07) is 17.4. The molecule has 0 aliphatic rings. The number of fused-ring (bicyclic) bond motifs is 1. The molecule has 5 nitrogen and oxygen atoms in total. The van der Waals surface area contributed by atoms with Crippen LogP contribution in [0.25, 0.3) is 10.9 Å². The molecule has 0 radical (unpaired) electrons. The van der Waals surface area contributed by atoms with E-state index < -0.39 is 5.91 Å². The zero-order valence-electron chi connectivity index (χ0n) is 13.3. The lowest BCUT2D eigenvalue weighted by molar-refractivity contribution is -0.128. The number of hydroxylamine groups is 1. The molecule has 3 rings (SSSR count). The van der Waals surface area contributed by atoms with Crippen molar-refractivity contribution in [2.45, 2.75) is 20.0 Å². The molecule has 0 saturated heterocycles. The maximum atomic E-state index is 11.3. The van der Waals surface area contributed by atoms with Crippen molar-refractivity contribution in [3.05, 3.63) is 71.4 Å². The molecule has 122 valence electrons. The fourth-order valence-electron chi connectivity index (χ4n) is 2.56. The largest absolute Gasteiger partial charge is 0.487 e. The van der Waals surface area contributed by atoms with Gasteiger partial charge in [0.1, 0.15) is 12.4 Å². The van der Waals surface area contributed by atoms with Crippen LogP contribution >= 0.6 is 0 Å². The van der Waals surface area contributed by atoms with Crippen LogP contribution in [-0.4, -0.2) is 16.1 Å². The smallest absolute Gasteiger partial charge is 0.247 e. The predicted molar refractivity (Wildman–Crippen MR) is 90.9 cm³/mol. The summed E-state index contributed by atoms with van der Waals surface area (Å²) >= 11 is 0. The molecule has 0 fully saturated rings. The number of amides is 1. The van der Waals surface area contributed by atoms with E-state index in [9.17, 15) is 4.79 Å². The maximum absolute atomic E-state index is 11.3. The Bertz CT molecular complexity index is 877. The molecule has 2 N–H and O–H groups in total. The van der Waals surface area contributed by atoms with Gasteiger partial charge >= 0.3 is 0 Å². The number of rotatable bonds is 5. The second-order valence-corrected chi connectivity index (χ2v) is 5.54. The maximum Gasteiger partial charge on any atom is 0.247 e. The first kappa shape index (κ1) is 16.0. The van der Waals surface area contributed by atoms with Crippen molar-refractivity contribution in [1.29, 1.82) is 0 Å². The van der Waals surface area contributed by atoms with E-state index in [1.54, 1.807) is 5.48 Å². The van der Waals surface area contributed by atoms with Gasteiger partial charge in [-0.3, -0.25) is 10.0 Å². The summed E-state index contributed by atoms with van der Waals surface area (Å²) in [6.07, 6.45) is 0.105. The highest BCUT2D eigenvalue weighted by Crippen LogP contribution is 2.23. The third kappa shape index (κ3) is 3.52. The third-order valence-corrected chi connectivity index (χ3v) is 3.90. The third-order valence-electron chi connectivity index (χ3n) is 3.90. The second-order valence-electron chi connectivity index (χ2n) is 5.54. The molecule has 0 unspecified atom stereocenters. The minimum atomic E-state index is -0.452. The molecule has 1 amide bonds. The average Bonchev–Trinajstić information content (AvgIpc) is 2.62. The monoisotopic (exact) mass is 322 g/mol. The van der Waals surface area contributed by atoms with Crippen LogP contribution in [-0.2, 0) is 17.8 Å². The van der Waals surface area contributed by atoms with Crippen LogP contribution in [0.3, 0.4) is 0 Å². The van der Waals surface area contributed by atoms with Gasteiger partial charge in [-0.05, 0) is 36.2 Å². The van der Waals surface area contributed by atoms with Crippen LogP contribution in [0, 0.1) is 6.92 Å². The second kappa shape index (κ2) is 7.10. The van der Waals surface area contributed by atoms with Crippen LogP contribution in [0.5, 0.6) is 5.75 Å². The molecule has 0 aliphatic heterocycles. The molecule has 5 heteroatoms.